The Labute approximate surface area is 186 Å². The second-order valence-electron chi connectivity index (χ2n) is 8.20. The summed E-state index contributed by atoms with van der Waals surface area (Å²) in [6, 6.07) is 15.5. The first kappa shape index (κ1) is 21.5. The Morgan fingerprint density at radius 1 is 1.03 bits per heavy atom. The molecule has 2 N–H and O–H groups in total. The van der Waals surface area contributed by atoms with Crippen LogP contribution in [0.1, 0.15) is 37.0 Å². The first-order chi connectivity index (χ1) is 15.5. The third-order valence-corrected chi connectivity index (χ3v) is 5.37. The Balaban J connectivity index is 1.72. The number of carbonyl (C=O) groups excluding carboxylic acids is 2. The summed E-state index contributed by atoms with van der Waals surface area (Å²) < 4.78 is 2.10. The Morgan fingerprint density at radius 2 is 1.78 bits per heavy atom. The summed E-state index contributed by atoms with van der Waals surface area (Å²) in [7, 11) is 1.57. The number of nitrogens with one attached hydrogen (secondary N) is 2. The third kappa shape index (κ3) is 4.32. The van der Waals surface area contributed by atoms with Crippen molar-refractivity contribution in [3.05, 3.63) is 60.3 Å². The summed E-state index contributed by atoms with van der Waals surface area (Å²) in [5.74, 6) is 1.05. The number of carbonyl (C=O) groups is 2. The number of para-hydroxylation sites is 2. The van der Waals surface area contributed by atoms with Crippen molar-refractivity contribution in [2.45, 2.75) is 26.7 Å². The topological polar surface area (TPSA) is 88.4 Å². The standard InChI is InChI=1S/C25H27N5O2/c1-16(2)14-27-24-25-28-15-21(30(25)20-7-5-4-6-19(20)29-24)17-8-10-18(11-9-17)22(31)12-13-23(32)26-3/h4-11,15-16H,12-14H2,1-3H3,(H,26,32)(H,27,29). The SMILES string of the molecule is CNC(=O)CCC(=O)c1ccc(-c2cnc3c(NCC(C)C)nc4ccccc4n23)cc1. The molecule has 0 aliphatic carbocycles. The molecule has 0 radical (unpaired) electrons. The van der Waals surface area contributed by atoms with Gasteiger partial charge in [0.25, 0.3) is 0 Å². The van der Waals surface area contributed by atoms with E-state index in [1.54, 1.807) is 7.05 Å². The van der Waals surface area contributed by atoms with Gasteiger partial charge in [-0.15, -0.1) is 0 Å². The molecule has 0 aliphatic heterocycles. The summed E-state index contributed by atoms with van der Waals surface area (Å²) >= 11 is 0. The van der Waals surface area contributed by atoms with Gasteiger partial charge in [0.05, 0.1) is 22.9 Å². The first-order valence-corrected chi connectivity index (χ1v) is 10.8. The lowest BCUT2D eigenvalue weighted by Crippen LogP contribution is -2.18. The number of anilines is 1. The van der Waals surface area contributed by atoms with Gasteiger partial charge in [0.1, 0.15) is 0 Å². The lowest BCUT2D eigenvalue weighted by Gasteiger charge is -2.12. The van der Waals surface area contributed by atoms with Crippen LogP contribution in [0.4, 0.5) is 5.82 Å². The number of Topliss-reactive ketones (excluding diaryl/α,β-unsaturated/α-hetero) is 1. The van der Waals surface area contributed by atoms with E-state index >= 15 is 0 Å². The maximum absolute atomic E-state index is 12.4. The minimum atomic E-state index is -0.136. The Hall–Kier alpha value is -3.74. The molecular formula is C25H27N5O2. The fourth-order valence-electron chi connectivity index (χ4n) is 3.63. The minimum absolute atomic E-state index is 0.0480. The van der Waals surface area contributed by atoms with Crippen LogP contribution in [0.3, 0.4) is 0 Å². The second-order valence-corrected chi connectivity index (χ2v) is 8.20. The van der Waals surface area contributed by atoms with E-state index in [0.29, 0.717) is 11.5 Å². The molecule has 2 heterocycles. The molecule has 4 rings (SSSR count). The van der Waals surface area contributed by atoms with Crippen LogP contribution >= 0.6 is 0 Å². The van der Waals surface area contributed by atoms with Gasteiger partial charge >= 0.3 is 0 Å². The average Bonchev–Trinajstić information content (AvgIpc) is 3.26. The highest BCUT2D eigenvalue weighted by Gasteiger charge is 2.15. The Morgan fingerprint density at radius 3 is 2.50 bits per heavy atom. The Kier molecular flexibility index (Phi) is 6.16. The van der Waals surface area contributed by atoms with Gasteiger partial charge in [-0.3, -0.25) is 14.0 Å². The molecule has 32 heavy (non-hydrogen) atoms. The highest BCUT2D eigenvalue weighted by molar-refractivity contribution is 5.98. The molecule has 0 saturated carbocycles. The van der Waals surface area contributed by atoms with Crippen LogP contribution in [0.2, 0.25) is 0 Å². The number of nitrogens with zero attached hydrogens (tertiary/aromatic N) is 3. The Bertz CT molecular complexity index is 1270. The molecule has 0 atom stereocenters. The summed E-state index contributed by atoms with van der Waals surface area (Å²) in [6.45, 7) is 5.11. The number of rotatable bonds is 8. The fraction of sp³-hybridized carbons (Fsp3) is 0.280. The van der Waals surface area contributed by atoms with Crippen LogP contribution in [0.15, 0.2) is 54.7 Å². The zero-order valence-corrected chi connectivity index (χ0v) is 18.6. The van der Waals surface area contributed by atoms with Crippen LogP contribution in [-0.2, 0) is 4.79 Å². The van der Waals surface area contributed by atoms with Crippen LogP contribution in [0, 0.1) is 5.92 Å². The van der Waals surface area contributed by atoms with Crippen molar-refractivity contribution in [2.75, 3.05) is 18.9 Å². The van der Waals surface area contributed by atoms with Crippen molar-refractivity contribution in [1.82, 2.24) is 19.7 Å². The van der Waals surface area contributed by atoms with E-state index in [0.717, 1.165) is 40.3 Å². The molecule has 7 heteroatoms. The third-order valence-electron chi connectivity index (χ3n) is 5.37. The maximum atomic E-state index is 12.4. The lowest BCUT2D eigenvalue weighted by molar-refractivity contribution is -0.120. The highest BCUT2D eigenvalue weighted by Crippen LogP contribution is 2.29. The number of hydrogen-bond donors (Lipinski definition) is 2. The van der Waals surface area contributed by atoms with Crippen molar-refractivity contribution >= 4 is 34.2 Å². The smallest absolute Gasteiger partial charge is 0.220 e. The van der Waals surface area contributed by atoms with E-state index in [1.807, 2.05) is 54.7 Å². The molecule has 0 fully saturated rings. The number of benzene rings is 2. The predicted molar refractivity (Wildman–Crippen MR) is 127 cm³/mol. The van der Waals surface area contributed by atoms with Crippen LogP contribution in [0.5, 0.6) is 0 Å². The van der Waals surface area contributed by atoms with Crippen molar-refractivity contribution in [3.63, 3.8) is 0 Å². The van der Waals surface area contributed by atoms with Gasteiger partial charge in [-0.2, -0.15) is 0 Å². The largest absolute Gasteiger partial charge is 0.367 e. The minimum Gasteiger partial charge on any atom is -0.367 e. The number of amides is 1. The summed E-state index contributed by atoms with van der Waals surface area (Å²) in [5.41, 5.74) is 5.09. The van der Waals surface area contributed by atoms with E-state index in [1.165, 1.54) is 0 Å². The molecule has 0 saturated heterocycles. The maximum Gasteiger partial charge on any atom is 0.220 e. The number of hydrogen-bond acceptors (Lipinski definition) is 5. The van der Waals surface area contributed by atoms with E-state index in [2.05, 4.69) is 33.9 Å². The van der Waals surface area contributed by atoms with Gasteiger partial charge in [0, 0.05) is 37.6 Å². The molecule has 0 spiro atoms. The zero-order chi connectivity index (χ0) is 22.7. The van der Waals surface area contributed by atoms with Crippen LogP contribution in [-0.4, -0.2) is 39.7 Å². The zero-order valence-electron chi connectivity index (χ0n) is 18.6. The van der Waals surface area contributed by atoms with Gasteiger partial charge in [0.2, 0.25) is 5.91 Å². The van der Waals surface area contributed by atoms with Crippen LogP contribution < -0.4 is 10.6 Å². The number of imidazole rings is 1. The van der Waals surface area contributed by atoms with E-state index in [-0.39, 0.29) is 24.5 Å². The second kappa shape index (κ2) is 9.18. The van der Waals surface area contributed by atoms with Crippen molar-refractivity contribution in [3.8, 4) is 11.3 Å². The predicted octanol–water partition coefficient (Wildman–Crippen LogP) is 4.33. The average molecular weight is 430 g/mol. The van der Waals surface area contributed by atoms with Crippen LogP contribution in [0.25, 0.3) is 27.9 Å². The van der Waals surface area contributed by atoms with Gasteiger partial charge in [-0.05, 0) is 18.1 Å². The van der Waals surface area contributed by atoms with Crippen molar-refractivity contribution < 1.29 is 9.59 Å². The molecule has 0 bridgehead atoms. The van der Waals surface area contributed by atoms with Crippen molar-refractivity contribution in [1.29, 1.82) is 0 Å². The van der Waals surface area contributed by atoms with Gasteiger partial charge in [-0.25, -0.2) is 9.97 Å². The molecule has 1 amide bonds. The highest BCUT2D eigenvalue weighted by atomic mass is 16.2. The normalized spacial score (nSPS) is 11.2. The number of ketones is 1. The summed E-state index contributed by atoms with van der Waals surface area (Å²) in [4.78, 5) is 33.3. The molecular weight excluding hydrogens is 402 g/mol. The quantitative estimate of drug-likeness (QED) is 0.407. The van der Waals surface area contributed by atoms with Gasteiger partial charge in [0.15, 0.2) is 17.2 Å². The van der Waals surface area contributed by atoms with E-state index in [4.69, 9.17) is 4.98 Å². The molecule has 7 nitrogen and oxygen atoms in total. The molecule has 4 aromatic rings. The van der Waals surface area contributed by atoms with Gasteiger partial charge in [-0.1, -0.05) is 50.2 Å². The first-order valence-electron chi connectivity index (χ1n) is 10.8. The van der Waals surface area contributed by atoms with E-state index < -0.39 is 0 Å². The lowest BCUT2D eigenvalue weighted by atomic mass is 10.0. The molecule has 0 aliphatic rings. The molecule has 2 aromatic carbocycles. The summed E-state index contributed by atoms with van der Waals surface area (Å²) in [6.07, 6.45) is 2.22. The monoisotopic (exact) mass is 429 g/mol. The van der Waals surface area contributed by atoms with E-state index in [9.17, 15) is 9.59 Å². The fourth-order valence-corrected chi connectivity index (χ4v) is 3.63. The van der Waals surface area contributed by atoms with Crippen molar-refractivity contribution in [2.24, 2.45) is 5.92 Å². The van der Waals surface area contributed by atoms with Gasteiger partial charge < -0.3 is 10.6 Å². The molecule has 0 unspecified atom stereocenters. The number of fused-ring (bicyclic) bond motifs is 3. The summed E-state index contributed by atoms with van der Waals surface area (Å²) in [5, 5.41) is 5.96. The molecule has 2 aromatic heterocycles. The molecule has 164 valence electrons. The number of aromatic nitrogens is 3.